The highest BCUT2D eigenvalue weighted by atomic mass is 16.2. The Bertz CT molecular complexity index is 507. The number of carbonyl (C=O) groups excluding carboxylic acids is 1. The zero-order valence-electron chi connectivity index (χ0n) is 14.4. The number of carbonyl (C=O) groups is 1. The van der Waals surface area contributed by atoms with Crippen LogP contribution in [-0.2, 0) is 18.3 Å². The number of nitrogens with zero attached hydrogens (tertiary/aromatic N) is 2. The molecule has 120 valence electrons. The van der Waals surface area contributed by atoms with Crippen LogP contribution in [0.15, 0.2) is 0 Å². The van der Waals surface area contributed by atoms with Crippen LogP contribution in [0.4, 0.5) is 0 Å². The van der Waals surface area contributed by atoms with E-state index >= 15 is 0 Å². The third kappa shape index (κ3) is 3.84. The van der Waals surface area contributed by atoms with E-state index in [1.54, 1.807) is 0 Å². The molecule has 0 bridgehead atoms. The van der Waals surface area contributed by atoms with E-state index in [1.165, 1.54) is 5.56 Å². The predicted molar refractivity (Wildman–Crippen MR) is 86.0 cm³/mol. The van der Waals surface area contributed by atoms with Gasteiger partial charge in [0.25, 0.3) is 0 Å². The van der Waals surface area contributed by atoms with Gasteiger partial charge in [0.1, 0.15) is 0 Å². The highest BCUT2D eigenvalue weighted by molar-refractivity contribution is 5.79. The average Bonchev–Trinajstić information content (AvgIpc) is 2.64. The van der Waals surface area contributed by atoms with Crippen molar-refractivity contribution in [1.82, 2.24) is 15.1 Å². The van der Waals surface area contributed by atoms with Crippen LogP contribution in [0.1, 0.15) is 44.6 Å². The van der Waals surface area contributed by atoms with Crippen LogP contribution in [-0.4, -0.2) is 27.8 Å². The van der Waals surface area contributed by atoms with Gasteiger partial charge in [-0.05, 0) is 38.7 Å². The molecule has 5 heteroatoms. The fourth-order valence-electron chi connectivity index (χ4n) is 2.35. The first-order valence-electron chi connectivity index (χ1n) is 7.63. The first kappa shape index (κ1) is 17.7. The van der Waals surface area contributed by atoms with E-state index in [4.69, 9.17) is 5.73 Å². The van der Waals surface area contributed by atoms with Crippen LogP contribution in [0.3, 0.4) is 0 Å². The largest absolute Gasteiger partial charge is 0.349 e. The lowest BCUT2D eigenvalue weighted by atomic mass is 9.87. The fourth-order valence-corrected chi connectivity index (χ4v) is 2.35. The Morgan fingerprint density at radius 3 is 2.33 bits per heavy atom. The van der Waals surface area contributed by atoms with Crippen LogP contribution in [0, 0.1) is 25.7 Å². The first-order chi connectivity index (χ1) is 9.62. The molecule has 2 atom stereocenters. The van der Waals surface area contributed by atoms with Crippen molar-refractivity contribution in [3.63, 3.8) is 0 Å². The number of hydrogen-bond donors (Lipinski definition) is 2. The Kier molecular flexibility index (Phi) is 5.56. The number of aromatic nitrogens is 2. The minimum absolute atomic E-state index is 0.0549. The maximum absolute atomic E-state index is 12.5. The fraction of sp³-hybridized carbons (Fsp3) is 0.750. The molecule has 2 unspecified atom stereocenters. The molecule has 1 rings (SSSR count). The monoisotopic (exact) mass is 294 g/mol. The van der Waals surface area contributed by atoms with Gasteiger partial charge in [-0.3, -0.25) is 9.48 Å². The molecule has 1 amide bonds. The summed E-state index contributed by atoms with van der Waals surface area (Å²) in [6, 6.07) is 0. The van der Waals surface area contributed by atoms with Crippen molar-refractivity contribution >= 4 is 5.91 Å². The Labute approximate surface area is 128 Å². The normalized spacial score (nSPS) is 15.9. The molecular formula is C16H30N4O. The SMILES string of the molecule is Cc1nn(C)c(C)c1CC(C)C(=O)NC(C)(CN)C(C)C. The van der Waals surface area contributed by atoms with Gasteiger partial charge in [-0.2, -0.15) is 5.10 Å². The Hall–Kier alpha value is -1.36. The third-order valence-electron chi connectivity index (χ3n) is 4.72. The molecule has 1 aromatic heterocycles. The number of nitrogens with two attached hydrogens (primary N) is 1. The van der Waals surface area contributed by atoms with Crippen LogP contribution >= 0.6 is 0 Å². The topological polar surface area (TPSA) is 72.9 Å². The zero-order valence-corrected chi connectivity index (χ0v) is 14.4. The molecular weight excluding hydrogens is 264 g/mol. The van der Waals surface area contributed by atoms with Gasteiger partial charge in [-0.25, -0.2) is 0 Å². The second-order valence-corrected chi connectivity index (χ2v) is 6.64. The van der Waals surface area contributed by atoms with Crippen molar-refractivity contribution in [3.8, 4) is 0 Å². The molecule has 0 radical (unpaired) electrons. The molecule has 0 fully saturated rings. The lowest BCUT2D eigenvalue weighted by Gasteiger charge is -2.34. The number of hydrogen-bond acceptors (Lipinski definition) is 3. The van der Waals surface area contributed by atoms with Gasteiger partial charge in [0, 0.05) is 25.2 Å². The molecule has 5 nitrogen and oxygen atoms in total. The minimum Gasteiger partial charge on any atom is -0.349 e. The summed E-state index contributed by atoms with van der Waals surface area (Å²) < 4.78 is 1.87. The lowest BCUT2D eigenvalue weighted by Crippen LogP contribution is -2.56. The number of rotatable bonds is 6. The summed E-state index contributed by atoms with van der Waals surface area (Å²) in [6.07, 6.45) is 0.704. The van der Waals surface area contributed by atoms with Gasteiger partial charge < -0.3 is 11.1 Å². The molecule has 0 saturated carbocycles. The van der Waals surface area contributed by atoms with Gasteiger partial charge in [-0.15, -0.1) is 0 Å². The predicted octanol–water partition coefficient (Wildman–Crippen LogP) is 1.71. The second-order valence-electron chi connectivity index (χ2n) is 6.64. The number of nitrogens with one attached hydrogen (secondary N) is 1. The molecule has 0 saturated heterocycles. The van der Waals surface area contributed by atoms with Gasteiger partial charge in [0.15, 0.2) is 0 Å². The Morgan fingerprint density at radius 2 is 1.95 bits per heavy atom. The van der Waals surface area contributed by atoms with Crippen molar-refractivity contribution in [3.05, 3.63) is 17.0 Å². The molecule has 0 aliphatic carbocycles. The Balaban J connectivity index is 2.80. The van der Waals surface area contributed by atoms with E-state index in [9.17, 15) is 4.79 Å². The van der Waals surface area contributed by atoms with Crippen LogP contribution < -0.4 is 11.1 Å². The Morgan fingerprint density at radius 1 is 1.38 bits per heavy atom. The van der Waals surface area contributed by atoms with E-state index in [2.05, 4.69) is 24.3 Å². The van der Waals surface area contributed by atoms with E-state index in [1.807, 2.05) is 39.4 Å². The number of aryl methyl sites for hydroxylation is 2. The summed E-state index contributed by atoms with van der Waals surface area (Å²) in [5.41, 5.74) is 8.76. The molecule has 21 heavy (non-hydrogen) atoms. The average molecular weight is 294 g/mol. The molecule has 1 heterocycles. The summed E-state index contributed by atoms with van der Waals surface area (Å²) in [4.78, 5) is 12.5. The molecule has 0 spiro atoms. The molecule has 0 aliphatic heterocycles. The van der Waals surface area contributed by atoms with Crippen molar-refractivity contribution in [2.45, 2.75) is 53.5 Å². The summed E-state index contributed by atoms with van der Waals surface area (Å²) >= 11 is 0. The van der Waals surface area contributed by atoms with Crippen LogP contribution in [0.5, 0.6) is 0 Å². The number of amides is 1. The molecule has 0 aliphatic rings. The van der Waals surface area contributed by atoms with Gasteiger partial charge in [0.05, 0.1) is 11.2 Å². The quantitative estimate of drug-likeness (QED) is 0.839. The van der Waals surface area contributed by atoms with Gasteiger partial charge in [0.2, 0.25) is 5.91 Å². The highest BCUT2D eigenvalue weighted by Gasteiger charge is 2.30. The third-order valence-corrected chi connectivity index (χ3v) is 4.72. The summed E-state index contributed by atoms with van der Waals surface area (Å²) in [5, 5.41) is 7.52. The van der Waals surface area contributed by atoms with Crippen LogP contribution in [0.25, 0.3) is 0 Å². The van der Waals surface area contributed by atoms with Crippen molar-refractivity contribution < 1.29 is 4.79 Å². The summed E-state index contributed by atoms with van der Waals surface area (Å²) in [7, 11) is 1.93. The van der Waals surface area contributed by atoms with Crippen molar-refractivity contribution in [1.29, 1.82) is 0 Å². The van der Waals surface area contributed by atoms with E-state index < -0.39 is 0 Å². The minimum atomic E-state index is -0.357. The van der Waals surface area contributed by atoms with Crippen molar-refractivity contribution in [2.75, 3.05) is 6.54 Å². The maximum atomic E-state index is 12.5. The molecule has 3 N–H and O–H groups in total. The maximum Gasteiger partial charge on any atom is 0.223 e. The summed E-state index contributed by atoms with van der Waals surface area (Å²) in [5.74, 6) is 0.246. The molecule has 1 aromatic rings. The van der Waals surface area contributed by atoms with Crippen LogP contribution in [0.2, 0.25) is 0 Å². The lowest BCUT2D eigenvalue weighted by molar-refractivity contribution is -0.126. The molecule has 0 aromatic carbocycles. The van der Waals surface area contributed by atoms with Gasteiger partial charge >= 0.3 is 0 Å². The van der Waals surface area contributed by atoms with E-state index in [-0.39, 0.29) is 17.4 Å². The first-order valence-corrected chi connectivity index (χ1v) is 7.63. The highest BCUT2D eigenvalue weighted by Crippen LogP contribution is 2.19. The standard InChI is InChI=1S/C16H30N4O/c1-10(2)16(6,9-17)18-15(21)11(3)8-14-12(4)19-20(7)13(14)5/h10-11H,8-9,17H2,1-7H3,(H,18,21). The summed E-state index contributed by atoms with van der Waals surface area (Å²) in [6.45, 7) is 12.6. The zero-order chi connectivity index (χ0) is 16.4. The smallest absolute Gasteiger partial charge is 0.223 e. The van der Waals surface area contributed by atoms with Gasteiger partial charge in [-0.1, -0.05) is 20.8 Å². The second kappa shape index (κ2) is 6.60. The van der Waals surface area contributed by atoms with E-state index in [0.29, 0.717) is 18.9 Å². The van der Waals surface area contributed by atoms with Crippen molar-refractivity contribution in [2.24, 2.45) is 24.6 Å². The van der Waals surface area contributed by atoms with E-state index in [0.717, 1.165) is 11.4 Å².